The summed E-state index contributed by atoms with van der Waals surface area (Å²) in [5, 5.41) is 5.19. The van der Waals surface area contributed by atoms with Gasteiger partial charge < -0.3 is 14.5 Å². The van der Waals surface area contributed by atoms with Gasteiger partial charge in [-0.1, -0.05) is 26.0 Å². The average molecular weight is 446 g/mol. The lowest BCUT2D eigenvalue weighted by Crippen LogP contribution is -2.49. The maximum Gasteiger partial charge on any atom is 0.340 e. The standard InChI is InChI=1S/C22H27N3O5S/c1-15(2)16-4-6-17(7-5-16)21(26)25-12-10-24(11-13-25)20-9-8-18(31(23,28)29)14-19(20)22(27)30-3/h4-9,14-15H,10-13H2,1-3H3,(H2,23,28,29). The highest BCUT2D eigenvalue weighted by atomic mass is 32.2. The number of methoxy groups -OCH3 is 1. The molecule has 2 aromatic carbocycles. The zero-order valence-corrected chi connectivity index (χ0v) is 18.7. The molecule has 0 atom stereocenters. The first kappa shape index (κ1) is 22.8. The van der Waals surface area contributed by atoms with E-state index < -0.39 is 16.0 Å². The van der Waals surface area contributed by atoms with Gasteiger partial charge in [-0.25, -0.2) is 18.4 Å². The fourth-order valence-electron chi connectivity index (χ4n) is 3.58. The van der Waals surface area contributed by atoms with Gasteiger partial charge in [0.25, 0.3) is 5.91 Å². The Kier molecular flexibility index (Phi) is 6.66. The van der Waals surface area contributed by atoms with E-state index in [0.717, 1.165) is 0 Å². The highest BCUT2D eigenvalue weighted by Gasteiger charge is 2.26. The van der Waals surface area contributed by atoms with Crippen molar-refractivity contribution >= 4 is 27.6 Å². The summed E-state index contributed by atoms with van der Waals surface area (Å²) in [6, 6.07) is 11.8. The number of esters is 1. The second kappa shape index (κ2) is 9.07. The molecule has 1 fully saturated rings. The van der Waals surface area contributed by atoms with Crippen molar-refractivity contribution in [2.24, 2.45) is 5.14 Å². The SMILES string of the molecule is COC(=O)c1cc(S(N)(=O)=O)ccc1N1CCN(C(=O)c2ccc(C(C)C)cc2)CC1. The van der Waals surface area contributed by atoms with E-state index in [9.17, 15) is 18.0 Å². The quantitative estimate of drug-likeness (QED) is 0.707. The van der Waals surface area contributed by atoms with Gasteiger partial charge in [-0.15, -0.1) is 0 Å². The molecule has 166 valence electrons. The number of benzene rings is 2. The van der Waals surface area contributed by atoms with E-state index in [1.54, 1.807) is 11.0 Å². The summed E-state index contributed by atoms with van der Waals surface area (Å²) in [7, 11) is -2.72. The van der Waals surface area contributed by atoms with Crippen LogP contribution in [0.15, 0.2) is 47.4 Å². The highest BCUT2D eigenvalue weighted by Crippen LogP contribution is 2.26. The number of nitrogens with two attached hydrogens (primary N) is 1. The number of primary sulfonamides is 1. The molecule has 1 saturated heterocycles. The number of anilines is 1. The number of hydrogen-bond donors (Lipinski definition) is 1. The van der Waals surface area contributed by atoms with Crippen molar-refractivity contribution < 1.29 is 22.7 Å². The van der Waals surface area contributed by atoms with E-state index in [1.807, 2.05) is 29.2 Å². The summed E-state index contributed by atoms with van der Waals surface area (Å²) in [5.41, 5.74) is 2.50. The number of amides is 1. The van der Waals surface area contributed by atoms with Gasteiger partial charge in [0, 0.05) is 31.7 Å². The van der Waals surface area contributed by atoms with Crippen LogP contribution in [0.5, 0.6) is 0 Å². The summed E-state index contributed by atoms with van der Waals surface area (Å²) in [4.78, 5) is 28.6. The predicted molar refractivity (Wildman–Crippen MR) is 118 cm³/mol. The molecule has 2 aromatic rings. The Labute approximate surface area is 182 Å². The molecular formula is C22H27N3O5S. The monoisotopic (exact) mass is 445 g/mol. The van der Waals surface area contributed by atoms with Gasteiger partial charge in [-0.2, -0.15) is 0 Å². The van der Waals surface area contributed by atoms with Crippen molar-refractivity contribution in [3.8, 4) is 0 Å². The molecule has 3 rings (SSSR count). The minimum Gasteiger partial charge on any atom is -0.465 e. The number of carbonyl (C=O) groups excluding carboxylic acids is 2. The molecular weight excluding hydrogens is 418 g/mol. The molecule has 0 aromatic heterocycles. The van der Waals surface area contributed by atoms with Crippen LogP contribution in [0.2, 0.25) is 0 Å². The number of carbonyl (C=O) groups is 2. The lowest BCUT2D eigenvalue weighted by molar-refractivity contribution is 0.0599. The lowest BCUT2D eigenvalue weighted by Gasteiger charge is -2.37. The fraction of sp³-hybridized carbons (Fsp3) is 0.364. The summed E-state index contributed by atoms with van der Waals surface area (Å²) in [6.07, 6.45) is 0. The number of ether oxygens (including phenoxy) is 1. The number of rotatable bonds is 5. The molecule has 1 heterocycles. The fourth-order valence-corrected chi connectivity index (χ4v) is 4.12. The molecule has 1 aliphatic rings. The van der Waals surface area contributed by atoms with Gasteiger partial charge >= 0.3 is 5.97 Å². The first-order chi connectivity index (χ1) is 14.6. The maximum absolute atomic E-state index is 12.9. The van der Waals surface area contributed by atoms with Crippen LogP contribution in [-0.2, 0) is 14.8 Å². The van der Waals surface area contributed by atoms with Gasteiger partial charge in [-0.3, -0.25) is 4.79 Å². The Bertz CT molecular complexity index is 1070. The van der Waals surface area contributed by atoms with Crippen molar-refractivity contribution in [3.05, 3.63) is 59.2 Å². The Morgan fingerprint density at radius 3 is 2.13 bits per heavy atom. The van der Waals surface area contributed by atoms with E-state index in [-0.39, 0.29) is 16.4 Å². The van der Waals surface area contributed by atoms with Crippen LogP contribution in [0.1, 0.15) is 46.0 Å². The van der Waals surface area contributed by atoms with Crippen molar-refractivity contribution in [2.75, 3.05) is 38.2 Å². The molecule has 2 N–H and O–H groups in total. The van der Waals surface area contributed by atoms with Crippen LogP contribution in [0, 0.1) is 0 Å². The molecule has 0 radical (unpaired) electrons. The van der Waals surface area contributed by atoms with E-state index in [0.29, 0.717) is 43.3 Å². The van der Waals surface area contributed by atoms with Gasteiger partial charge in [0.05, 0.1) is 23.3 Å². The van der Waals surface area contributed by atoms with Crippen molar-refractivity contribution in [3.63, 3.8) is 0 Å². The molecule has 31 heavy (non-hydrogen) atoms. The molecule has 0 unspecified atom stereocenters. The maximum atomic E-state index is 12.9. The van der Waals surface area contributed by atoms with Crippen LogP contribution in [-0.4, -0.2) is 58.5 Å². The summed E-state index contributed by atoms with van der Waals surface area (Å²) in [5.74, 6) is -0.283. The van der Waals surface area contributed by atoms with E-state index in [4.69, 9.17) is 9.88 Å². The number of sulfonamides is 1. The minimum atomic E-state index is -3.95. The highest BCUT2D eigenvalue weighted by molar-refractivity contribution is 7.89. The molecule has 0 saturated carbocycles. The minimum absolute atomic E-state index is 0.0345. The molecule has 0 aliphatic carbocycles. The molecule has 0 spiro atoms. The van der Waals surface area contributed by atoms with Gasteiger partial charge in [0.2, 0.25) is 10.0 Å². The zero-order chi connectivity index (χ0) is 22.8. The number of piperazine rings is 1. The summed E-state index contributed by atoms with van der Waals surface area (Å²) >= 11 is 0. The smallest absolute Gasteiger partial charge is 0.340 e. The molecule has 0 bridgehead atoms. The summed E-state index contributed by atoms with van der Waals surface area (Å²) in [6.45, 7) is 6.15. The predicted octanol–water partition coefficient (Wildman–Crippen LogP) is 2.21. The average Bonchev–Trinajstić information content (AvgIpc) is 2.77. The lowest BCUT2D eigenvalue weighted by atomic mass is 10.0. The molecule has 1 aliphatic heterocycles. The van der Waals surface area contributed by atoms with Crippen LogP contribution >= 0.6 is 0 Å². The Balaban J connectivity index is 1.75. The van der Waals surface area contributed by atoms with Crippen LogP contribution in [0.25, 0.3) is 0 Å². The van der Waals surface area contributed by atoms with Crippen molar-refractivity contribution in [1.29, 1.82) is 0 Å². The summed E-state index contributed by atoms with van der Waals surface area (Å²) < 4.78 is 28.1. The van der Waals surface area contributed by atoms with Crippen LogP contribution in [0.3, 0.4) is 0 Å². The molecule has 1 amide bonds. The van der Waals surface area contributed by atoms with Gasteiger partial charge in [0.15, 0.2) is 0 Å². The van der Waals surface area contributed by atoms with Gasteiger partial charge in [-0.05, 0) is 41.8 Å². The Hall–Kier alpha value is -2.91. The van der Waals surface area contributed by atoms with E-state index in [1.165, 1.54) is 24.8 Å². The second-order valence-electron chi connectivity index (χ2n) is 7.77. The van der Waals surface area contributed by atoms with Crippen LogP contribution < -0.4 is 10.0 Å². The Morgan fingerprint density at radius 1 is 1.00 bits per heavy atom. The molecule has 8 nitrogen and oxygen atoms in total. The van der Waals surface area contributed by atoms with E-state index in [2.05, 4.69) is 13.8 Å². The third kappa shape index (κ3) is 5.05. The Morgan fingerprint density at radius 2 is 1.61 bits per heavy atom. The molecule has 9 heteroatoms. The van der Waals surface area contributed by atoms with Crippen molar-refractivity contribution in [2.45, 2.75) is 24.7 Å². The third-order valence-electron chi connectivity index (χ3n) is 5.43. The zero-order valence-electron chi connectivity index (χ0n) is 17.9. The number of nitrogens with zero attached hydrogens (tertiary/aromatic N) is 2. The number of hydrogen-bond acceptors (Lipinski definition) is 6. The van der Waals surface area contributed by atoms with E-state index >= 15 is 0 Å². The first-order valence-electron chi connectivity index (χ1n) is 10.0. The van der Waals surface area contributed by atoms with Crippen molar-refractivity contribution in [1.82, 2.24) is 4.90 Å². The van der Waals surface area contributed by atoms with Crippen LogP contribution in [0.4, 0.5) is 5.69 Å². The normalized spacial score (nSPS) is 14.6. The largest absolute Gasteiger partial charge is 0.465 e. The van der Waals surface area contributed by atoms with Gasteiger partial charge in [0.1, 0.15) is 0 Å². The first-order valence-corrected chi connectivity index (χ1v) is 11.6. The second-order valence-corrected chi connectivity index (χ2v) is 9.33. The third-order valence-corrected chi connectivity index (χ3v) is 6.34. The topological polar surface area (TPSA) is 110 Å².